The van der Waals surface area contributed by atoms with Crippen LogP contribution in [-0.2, 0) is 4.74 Å². The van der Waals surface area contributed by atoms with E-state index in [2.05, 4.69) is 20.8 Å². The Labute approximate surface area is 81.9 Å². The molecule has 0 heterocycles. The van der Waals surface area contributed by atoms with E-state index in [9.17, 15) is 0 Å². The van der Waals surface area contributed by atoms with Gasteiger partial charge in [-0.25, -0.2) is 0 Å². The molecule has 0 saturated heterocycles. The fourth-order valence-electron chi connectivity index (χ4n) is 3.32. The maximum absolute atomic E-state index is 6.00. The minimum Gasteiger partial charge on any atom is -0.375 e. The zero-order valence-corrected chi connectivity index (χ0v) is 9.12. The molecular formula is C12H22O. The van der Waals surface area contributed by atoms with Crippen LogP contribution in [0.4, 0.5) is 0 Å². The molecule has 0 spiro atoms. The summed E-state index contributed by atoms with van der Waals surface area (Å²) in [6.07, 6.45) is 6.63. The van der Waals surface area contributed by atoms with Gasteiger partial charge >= 0.3 is 0 Å². The first-order chi connectivity index (χ1) is 6.18. The third kappa shape index (κ3) is 1.76. The minimum absolute atomic E-state index is 0.413. The van der Waals surface area contributed by atoms with Gasteiger partial charge in [0.05, 0.1) is 12.2 Å². The fourth-order valence-corrected chi connectivity index (χ4v) is 3.32. The van der Waals surface area contributed by atoms with Crippen LogP contribution in [0.25, 0.3) is 0 Å². The predicted octanol–water partition coefficient (Wildman–Crippen LogP) is 3.24. The van der Waals surface area contributed by atoms with E-state index in [1.807, 2.05) is 0 Å². The Balaban J connectivity index is 1.93. The van der Waals surface area contributed by atoms with Gasteiger partial charge < -0.3 is 4.74 Å². The lowest BCUT2D eigenvalue weighted by Gasteiger charge is -2.51. The number of rotatable bonds is 2. The van der Waals surface area contributed by atoms with Crippen LogP contribution >= 0.6 is 0 Å². The average molecular weight is 182 g/mol. The number of fused-ring (bicyclic) bond motifs is 1. The van der Waals surface area contributed by atoms with E-state index in [0.717, 1.165) is 17.8 Å². The standard InChI is InChI=1S/C12H22O/c1-8(2)13-11-6-4-5-10-7-9(3)12(10)11/h8-12H,4-7H2,1-3H3. The highest BCUT2D eigenvalue weighted by atomic mass is 16.5. The maximum atomic E-state index is 6.00. The highest BCUT2D eigenvalue weighted by Crippen LogP contribution is 2.50. The smallest absolute Gasteiger partial charge is 0.0611 e. The SMILES string of the molecule is CC(C)OC1CCCC2CC(C)C21. The first-order valence-electron chi connectivity index (χ1n) is 5.84. The molecule has 0 bridgehead atoms. The summed E-state index contributed by atoms with van der Waals surface area (Å²) in [4.78, 5) is 0. The van der Waals surface area contributed by atoms with Crippen LogP contribution in [0.1, 0.15) is 46.5 Å². The van der Waals surface area contributed by atoms with Crippen molar-refractivity contribution in [3.05, 3.63) is 0 Å². The van der Waals surface area contributed by atoms with Crippen LogP contribution in [-0.4, -0.2) is 12.2 Å². The topological polar surface area (TPSA) is 9.23 Å². The molecule has 0 aromatic heterocycles. The molecular weight excluding hydrogens is 160 g/mol. The third-order valence-corrected chi connectivity index (χ3v) is 3.82. The molecule has 0 aliphatic heterocycles. The molecule has 0 radical (unpaired) electrons. The minimum atomic E-state index is 0.413. The zero-order chi connectivity index (χ0) is 9.42. The molecule has 2 aliphatic carbocycles. The Morgan fingerprint density at radius 3 is 2.62 bits per heavy atom. The van der Waals surface area contributed by atoms with Crippen molar-refractivity contribution < 1.29 is 4.74 Å². The Hall–Kier alpha value is -0.0400. The second-order valence-electron chi connectivity index (χ2n) is 5.20. The Bertz CT molecular complexity index is 174. The summed E-state index contributed by atoms with van der Waals surface area (Å²) in [5, 5.41) is 0. The Morgan fingerprint density at radius 2 is 2.00 bits per heavy atom. The van der Waals surface area contributed by atoms with Crippen LogP contribution in [0.3, 0.4) is 0 Å². The highest BCUT2D eigenvalue weighted by Gasteiger charge is 2.45. The average Bonchev–Trinajstić information content (AvgIpc) is 2.00. The van der Waals surface area contributed by atoms with E-state index in [0.29, 0.717) is 12.2 Å². The summed E-state index contributed by atoms with van der Waals surface area (Å²) in [6.45, 7) is 6.71. The molecule has 0 aromatic carbocycles. The third-order valence-electron chi connectivity index (χ3n) is 3.82. The van der Waals surface area contributed by atoms with Crippen molar-refractivity contribution in [1.29, 1.82) is 0 Å². The summed E-state index contributed by atoms with van der Waals surface area (Å²) in [6, 6.07) is 0. The summed E-state index contributed by atoms with van der Waals surface area (Å²) in [5.41, 5.74) is 0. The molecule has 4 unspecified atom stereocenters. The predicted molar refractivity (Wildman–Crippen MR) is 54.6 cm³/mol. The number of hydrogen-bond donors (Lipinski definition) is 0. The molecule has 13 heavy (non-hydrogen) atoms. The molecule has 2 aliphatic rings. The summed E-state index contributed by atoms with van der Waals surface area (Å²) < 4.78 is 6.00. The van der Waals surface area contributed by atoms with Crippen molar-refractivity contribution in [3.8, 4) is 0 Å². The van der Waals surface area contributed by atoms with Gasteiger partial charge in [0.1, 0.15) is 0 Å². The second kappa shape index (κ2) is 3.61. The van der Waals surface area contributed by atoms with Gasteiger partial charge in [0.25, 0.3) is 0 Å². The van der Waals surface area contributed by atoms with Gasteiger partial charge in [-0.1, -0.05) is 13.3 Å². The van der Waals surface area contributed by atoms with E-state index in [1.54, 1.807) is 0 Å². The monoisotopic (exact) mass is 182 g/mol. The lowest BCUT2D eigenvalue weighted by molar-refractivity contribution is -0.121. The Morgan fingerprint density at radius 1 is 1.23 bits per heavy atom. The first kappa shape index (κ1) is 9.51. The molecule has 2 saturated carbocycles. The maximum Gasteiger partial charge on any atom is 0.0611 e. The first-order valence-corrected chi connectivity index (χ1v) is 5.84. The van der Waals surface area contributed by atoms with Crippen molar-refractivity contribution in [2.45, 2.75) is 58.7 Å². The largest absolute Gasteiger partial charge is 0.375 e. The van der Waals surface area contributed by atoms with Crippen LogP contribution < -0.4 is 0 Å². The molecule has 0 aromatic rings. The van der Waals surface area contributed by atoms with E-state index < -0.39 is 0 Å². The van der Waals surface area contributed by atoms with E-state index in [4.69, 9.17) is 4.74 Å². The van der Waals surface area contributed by atoms with E-state index >= 15 is 0 Å². The second-order valence-corrected chi connectivity index (χ2v) is 5.20. The van der Waals surface area contributed by atoms with E-state index in [1.165, 1.54) is 25.7 Å². The van der Waals surface area contributed by atoms with Crippen molar-refractivity contribution in [1.82, 2.24) is 0 Å². The van der Waals surface area contributed by atoms with Gasteiger partial charge in [-0.2, -0.15) is 0 Å². The van der Waals surface area contributed by atoms with Gasteiger partial charge in [-0.05, 0) is 50.9 Å². The van der Waals surface area contributed by atoms with Crippen LogP contribution in [0.15, 0.2) is 0 Å². The molecule has 2 rings (SSSR count). The Kier molecular flexibility index (Phi) is 2.64. The number of hydrogen-bond acceptors (Lipinski definition) is 1. The molecule has 1 heteroatoms. The van der Waals surface area contributed by atoms with Crippen molar-refractivity contribution in [2.75, 3.05) is 0 Å². The molecule has 76 valence electrons. The van der Waals surface area contributed by atoms with Crippen LogP contribution in [0, 0.1) is 17.8 Å². The molecule has 4 atom stereocenters. The van der Waals surface area contributed by atoms with Gasteiger partial charge in [-0.15, -0.1) is 0 Å². The van der Waals surface area contributed by atoms with Crippen molar-refractivity contribution in [2.24, 2.45) is 17.8 Å². The summed E-state index contributed by atoms with van der Waals surface area (Å²) in [5.74, 6) is 2.83. The molecule has 0 N–H and O–H groups in total. The van der Waals surface area contributed by atoms with Gasteiger partial charge in [-0.3, -0.25) is 0 Å². The van der Waals surface area contributed by atoms with Crippen LogP contribution in [0.2, 0.25) is 0 Å². The quantitative estimate of drug-likeness (QED) is 0.637. The van der Waals surface area contributed by atoms with Gasteiger partial charge in [0, 0.05) is 0 Å². The molecule has 1 nitrogen and oxygen atoms in total. The fraction of sp³-hybridized carbons (Fsp3) is 1.00. The number of ether oxygens (including phenoxy) is 1. The van der Waals surface area contributed by atoms with E-state index in [-0.39, 0.29) is 0 Å². The van der Waals surface area contributed by atoms with Gasteiger partial charge in [0.15, 0.2) is 0 Å². The van der Waals surface area contributed by atoms with Crippen molar-refractivity contribution >= 4 is 0 Å². The molecule has 0 amide bonds. The van der Waals surface area contributed by atoms with Gasteiger partial charge in [0.2, 0.25) is 0 Å². The van der Waals surface area contributed by atoms with Crippen molar-refractivity contribution in [3.63, 3.8) is 0 Å². The summed E-state index contributed by atoms with van der Waals surface area (Å²) in [7, 11) is 0. The lowest BCUT2D eigenvalue weighted by Crippen LogP contribution is -2.47. The highest BCUT2D eigenvalue weighted by molar-refractivity contribution is 4.94. The lowest BCUT2D eigenvalue weighted by atomic mass is 9.58. The summed E-state index contributed by atoms with van der Waals surface area (Å²) >= 11 is 0. The van der Waals surface area contributed by atoms with Crippen LogP contribution in [0.5, 0.6) is 0 Å². The molecule has 2 fully saturated rings. The zero-order valence-electron chi connectivity index (χ0n) is 9.12. The normalized spacial score (nSPS) is 44.3.